The summed E-state index contributed by atoms with van der Waals surface area (Å²) in [7, 11) is 2.00. The smallest absolute Gasteiger partial charge is 0.133 e. The van der Waals surface area contributed by atoms with E-state index in [1.165, 1.54) is 37.8 Å². The average Bonchev–Trinajstić information content (AvgIpc) is 2.45. The molecule has 0 bridgehead atoms. The summed E-state index contributed by atoms with van der Waals surface area (Å²) in [6, 6.07) is 2.20. The maximum absolute atomic E-state index is 4.90. The Kier molecular flexibility index (Phi) is 5.32. The van der Waals surface area contributed by atoms with Crippen molar-refractivity contribution in [2.24, 2.45) is 0 Å². The third-order valence-electron chi connectivity index (χ3n) is 4.22. The van der Waals surface area contributed by atoms with Crippen molar-refractivity contribution in [1.82, 2.24) is 15.3 Å². The van der Waals surface area contributed by atoms with Crippen molar-refractivity contribution in [3.8, 4) is 0 Å². The van der Waals surface area contributed by atoms with Crippen LogP contribution >= 0.6 is 0 Å². The standard InChI is InChI=1S/C16H27N3/c1-4-13(11-17-3)16-18-12(2)10-15(19-16)14-8-6-5-7-9-14/h10,13-14,17H,4-9,11H2,1-3H3. The number of rotatable bonds is 5. The van der Waals surface area contributed by atoms with Gasteiger partial charge in [-0.3, -0.25) is 0 Å². The highest BCUT2D eigenvalue weighted by Gasteiger charge is 2.20. The zero-order valence-corrected chi connectivity index (χ0v) is 12.6. The first-order chi connectivity index (χ1) is 9.24. The third-order valence-corrected chi connectivity index (χ3v) is 4.22. The van der Waals surface area contributed by atoms with Crippen molar-refractivity contribution < 1.29 is 0 Å². The van der Waals surface area contributed by atoms with Crippen LogP contribution in [0.15, 0.2) is 6.07 Å². The fourth-order valence-electron chi connectivity index (χ4n) is 3.07. The van der Waals surface area contributed by atoms with E-state index in [0.29, 0.717) is 11.8 Å². The fourth-order valence-corrected chi connectivity index (χ4v) is 3.07. The molecule has 0 amide bonds. The normalized spacial score (nSPS) is 18.5. The molecule has 0 saturated heterocycles. The summed E-state index contributed by atoms with van der Waals surface area (Å²) in [6.45, 7) is 5.28. The summed E-state index contributed by atoms with van der Waals surface area (Å²) in [5.74, 6) is 2.14. The van der Waals surface area contributed by atoms with Crippen molar-refractivity contribution in [3.63, 3.8) is 0 Å². The second-order valence-electron chi connectivity index (χ2n) is 5.79. The summed E-state index contributed by atoms with van der Waals surface area (Å²) in [4.78, 5) is 9.56. The molecule has 19 heavy (non-hydrogen) atoms. The van der Waals surface area contributed by atoms with E-state index < -0.39 is 0 Å². The van der Waals surface area contributed by atoms with Crippen molar-refractivity contribution in [1.29, 1.82) is 0 Å². The number of hydrogen-bond acceptors (Lipinski definition) is 3. The molecule has 1 heterocycles. The van der Waals surface area contributed by atoms with Gasteiger partial charge in [0, 0.05) is 29.8 Å². The SMILES string of the molecule is CCC(CNC)c1nc(C)cc(C2CCCCC2)n1. The molecule has 1 fully saturated rings. The maximum Gasteiger partial charge on any atom is 0.133 e. The quantitative estimate of drug-likeness (QED) is 0.881. The molecule has 1 saturated carbocycles. The lowest BCUT2D eigenvalue weighted by Gasteiger charge is -2.23. The molecule has 1 N–H and O–H groups in total. The maximum atomic E-state index is 4.90. The molecule has 1 aromatic rings. The lowest BCUT2D eigenvalue weighted by atomic mass is 9.86. The molecule has 0 aliphatic heterocycles. The van der Waals surface area contributed by atoms with E-state index >= 15 is 0 Å². The van der Waals surface area contributed by atoms with Crippen molar-refractivity contribution in [2.75, 3.05) is 13.6 Å². The first-order valence-electron chi connectivity index (χ1n) is 7.74. The van der Waals surface area contributed by atoms with Crippen molar-refractivity contribution in [2.45, 2.75) is 64.2 Å². The van der Waals surface area contributed by atoms with Crippen LogP contribution in [0.4, 0.5) is 0 Å². The van der Waals surface area contributed by atoms with Gasteiger partial charge in [-0.25, -0.2) is 9.97 Å². The lowest BCUT2D eigenvalue weighted by Crippen LogP contribution is -2.20. The Balaban J connectivity index is 2.22. The van der Waals surface area contributed by atoms with E-state index in [4.69, 9.17) is 4.98 Å². The molecular weight excluding hydrogens is 234 g/mol. The topological polar surface area (TPSA) is 37.8 Å². The first-order valence-corrected chi connectivity index (χ1v) is 7.74. The summed E-state index contributed by atoms with van der Waals surface area (Å²) >= 11 is 0. The van der Waals surface area contributed by atoms with Gasteiger partial charge in [-0.15, -0.1) is 0 Å². The predicted octanol–water partition coefficient (Wildman–Crippen LogP) is 3.55. The molecule has 0 radical (unpaired) electrons. The monoisotopic (exact) mass is 261 g/mol. The Labute approximate surface area is 117 Å². The van der Waals surface area contributed by atoms with Gasteiger partial charge in [0.2, 0.25) is 0 Å². The van der Waals surface area contributed by atoms with Crippen LogP contribution in [0.25, 0.3) is 0 Å². The number of likely N-dealkylation sites (N-methyl/N-ethyl adjacent to an activating group) is 1. The van der Waals surface area contributed by atoms with Crippen LogP contribution in [0.1, 0.15) is 74.5 Å². The molecule has 0 aromatic carbocycles. The van der Waals surface area contributed by atoms with Gasteiger partial charge in [0.15, 0.2) is 0 Å². The molecular formula is C16H27N3. The van der Waals surface area contributed by atoms with E-state index in [1.807, 2.05) is 7.05 Å². The van der Waals surface area contributed by atoms with Crippen molar-refractivity contribution >= 4 is 0 Å². The Morgan fingerprint density at radius 3 is 2.63 bits per heavy atom. The number of nitrogens with zero attached hydrogens (tertiary/aromatic N) is 2. The van der Waals surface area contributed by atoms with Gasteiger partial charge in [-0.05, 0) is 39.3 Å². The zero-order chi connectivity index (χ0) is 13.7. The van der Waals surface area contributed by atoms with Gasteiger partial charge in [-0.2, -0.15) is 0 Å². The summed E-state index contributed by atoms with van der Waals surface area (Å²) in [6.07, 6.45) is 7.81. The van der Waals surface area contributed by atoms with Gasteiger partial charge >= 0.3 is 0 Å². The second-order valence-corrected chi connectivity index (χ2v) is 5.79. The molecule has 0 spiro atoms. The minimum absolute atomic E-state index is 0.437. The van der Waals surface area contributed by atoms with Crippen molar-refractivity contribution in [3.05, 3.63) is 23.3 Å². The third kappa shape index (κ3) is 3.75. The predicted molar refractivity (Wildman–Crippen MR) is 79.6 cm³/mol. The minimum Gasteiger partial charge on any atom is -0.319 e. The van der Waals surface area contributed by atoms with Gasteiger partial charge in [0.25, 0.3) is 0 Å². The number of aromatic nitrogens is 2. The summed E-state index contributed by atoms with van der Waals surface area (Å²) < 4.78 is 0. The highest BCUT2D eigenvalue weighted by atomic mass is 14.9. The van der Waals surface area contributed by atoms with E-state index in [2.05, 4.69) is 30.2 Å². The van der Waals surface area contributed by atoms with Gasteiger partial charge in [0.05, 0.1) is 0 Å². The van der Waals surface area contributed by atoms with Crippen LogP contribution in [0.2, 0.25) is 0 Å². The van der Waals surface area contributed by atoms with Crippen LogP contribution in [0.5, 0.6) is 0 Å². The second kappa shape index (κ2) is 6.99. The van der Waals surface area contributed by atoms with E-state index in [1.54, 1.807) is 0 Å². The van der Waals surface area contributed by atoms with E-state index in [0.717, 1.165) is 24.5 Å². The largest absolute Gasteiger partial charge is 0.319 e. The molecule has 2 rings (SSSR count). The molecule has 1 aromatic heterocycles. The summed E-state index contributed by atoms with van der Waals surface area (Å²) in [5.41, 5.74) is 2.41. The molecule has 1 aliphatic carbocycles. The Hall–Kier alpha value is -0.960. The molecule has 1 atom stereocenters. The number of aryl methyl sites for hydroxylation is 1. The molecule has 3 nitrogen and oxygen atoms in total. The molecule has 1 unspecified atom stereocenters. The summed E-state index contributed by atoms with van der Waals surface area (Å²) in [5, 5.41) is 3.26. The Bertz CT molecular complexity index is 374. The Morgan fingerprint density at radius 2 is 2.00 bits per heavy atom. The van der Waals surface area contributed by atoms with Crippen LogP contribution < -0.4 is 5.32 Å². The van der Waals surface area contributed by atoms with Crippen LogP contribution in [0, 0.1) is 6.92 Å². The number of nitrogens with one attached hydrogen (secondary N) is 1. The van der Waals surface area contributed by atoms with E-state index in [9.17, 15) is 0 Å². The fraction of sp³-hybridized carbons (Fsp3) is 0.750. The number of hydrogen-bond donors (Lipinski definition) is 1. The highest BCUT2D eigenvalue weighted by Crippen LogP contribution is 2.32. The first kappa shape index (κ1) is 14.4. The van der Waals surface area contributed by atoms with Crippen LogP contribution in [0.3, 0.4) is 0 Å². The molecule has 1 aliphatic rings. The van der Waals surface area contributed by atoms with Gasteiger partial charge in [-0.1, -0.05) is 26.2 Å². The molecule has 3 heteroatoms. The van der Waals surface area contributed by atoms with E-state index in [-0.39, 0.29) is 0 Å². The molecule has 106 valence electrons. The van der Waals surface area contributed by atoms with Crippen LogP contribution in [-0.2, 0) is 0 Å². The Morgan fingerprint density at radius 1 is 1.26 bits per heavy atom. The van der Waals surface area contributed by atoms with Crippen LogP contribution in [-0.4, -0.2) is 23.6 Å². The average molecular weight is 261 g/mol. The zero-order valence-electron chi connectivity index (χ0n) is 12.6. The van der Waals surface area contributed by atoms with Gasteiger partial charge < -0.3 is 5.32 Å². The van der Waals surface area contributed by atoms with Gasteiger partial charge in [0.1, 0.15) is 5.82 Å². The highest BCUT2D eigenvalue weighted by molar-refractivity contribution is 5.16. The minimum atomic E-state index is 0.437. The lowest BCUT2D eigenvalue weighted by molar-refractivity contribution is 0.433.